The van der Waals surface area contributed by atoms with E-state index < -0.39 is 15.9 Å². The fraction of sp³-hybridized carbons (Fsp3) is 0.235. The second kappa shape index (κ2) is 8.09. The van der Waals surface area contributed by atoms with E-state index in [0.717, 1.165) is 14.5 Å². The van der Waals surface area contributed by atoms with Crippen LogP contribution >= 0.6 is 11.3 Å². The summed E-state index contributed by atoms with van der Waals surface area (Å²) in [6.45, 7) is -0.310. The number of carbonyl (C=O) groups is 1. The molecule has 0 fully saturated rings. The van der Waals surface area contributed by atoms with E-state index in [-0.39, 0.29) is 17.2 Å². The number of benzene rings is 1. The summed E-state index contributed by atoms with van der Waals surface area (Å²) >= 11 is 1.44. The van der Waals surface area contributed by atoms with Gasteiger partial charge in [-0.2, -0.15) is 0 Å². The summed E-state index contributed by atoms with van der Waals surface area (Å²) in [5.41, 5.74) is 0.224. The Kier molecular flexibility index (Phi) is 5.77. The monoisotopic (exact) mass is 422 g/mol. The van der Waals surface area contributed by atoms with Crippen LogP contribution in [-0.4, -0.2) is 56.4 Å². The van der Waals surface area contributed by atoms with E-state index in [2.05, 4.69) is 15.3 Å². The van der Waals surface area contributed by atoms with Crippen LogP contribution in [0.1, 0.15) is 0 Å². The maximum Gasteiger partial charge on any atom is 0.262 e. The van der Waals surface area contributed by atoms with Gasteiger partial charge in [0.2, 0.25) is 15.9 Å². The number of hydrogen-bond acceptors (Lipinski definition) is 8. The molecule has 0 unspecified atom stereocenters. The Morgan fingerprint density at radius 3 is 2.75 bits per heavy atom. The molecule has 148 valence electrons. The number of nitrogens with one attached hydrogen (secondary N) is 1. The largest absolute Gasteiger partial charge is 0.495 e. The number of ether oxygens (including phenoxy) is 2. The third kappa shape index (κ3) is 4.06. The van der Waals surface area contributed by atoms with Gasteiger partial charge in [-0.15, -0.1) is 11.3 Å². The van der Waals surface area contributed by atoms with Crippen LogP contribution in [0.25, 0.3) is 10.2 Å². The summed E-state index contributed by atoms with van der Waals surface area (Å²) in [4.78, 5) is 21.3. The predicted molar refractivity (Wildman–Crippen MR) is 105 cm³/mol. The van der Waals surface area contributed by atoms with Gasteiger partial charge in [0.1, 0.15) is 16.9 Å². The smallest absolute Gasteiger partial charge is 0.262 e. The lowest BCUT2D eigenvalue weighted by Gasteiger charge is -2.15. The molecule has 0 saturated carbocycles. The van der Waals surface area contributed by atoms with Gasteiger partial charge in [-0.3, -0.25) is 4.79 Å². The molecule has 9 nitrogen and oxygen atoms in total. The molecular formula is C17H18N4O5S2. The molecule has 0 aliphatic rings. The molecule has 0 saturated heterocycles. The number of sulfonamides is 1. The third-order valence-corrected chi connectivity index (χ3v) is 6.42. The fourth-order valence-electron chi connectivity index (χ4n) is 2.36. The molecule has 28 heavy (non-hydrogen) atoms. The van der Waals surface area contributed by atoms with Crippen LogP contribution in [0, 0.1) is 0 Å². The summed E-state index contributed by atoms with van der Waals surface area (Å²) in [5, 5.41) is 5.19. The van der Waals surface area contributed by atoms with Gasteiger partial charge in [-0.05, 0) is 29.6 Å². The lowest BCUT2D eigenvalue weighted by molar-refractivity contribution is -0.118. The molecule has 0 atom stereocenters. The maximum absolute atomic E-state index is 12.3. The molecular weight excluding hydrogens is 404 g/mol. The molecule has 2 aromatic heterocycles. The van der Waals surface area contributed by atoms with Crippen LogP contribution < -0.4 is 14.8 Å². The normalized spacial score (nSPS) is 11.6. The van der Waals surface area contributed by atoms with Crippen molar-refractivity contribution >= 4 is 43.2 Å². The highest BCUT2D eigenvalue weighted by atomic mass is 32.2. The zero-order valence-corrected chi connectivity index (χ0v) is 17.0. The number of amides is 1. The molecule has 3 aromatic rings. The Bertz CT molecular complexity index is 1110. The minimum Gasteiger partial charge on any atom is -0.495 e. The molecule has 1 amide bonds. The molecule has 2 heterocycles. The van der Waals surface area contributed by atoms with Crippen molar-refractivity contribution in [3.05, 3.63) is 36.0 Å². The lowest BCUT2D eigenvalue weighted by Crippen LogP contribution is -2.23. The van der Waals surface area contributed by atoms with Gasteiger partial charge < -0.3 is 14.8 Å². The Morgan fingerprint density at radius 1 is 1.25 bits per heavy atom. The SMILES string of the molecule is COc1ccc(S(=O)(=O)N(C)C)cc1NC(=O)COc1ncnc2sccc12. The number of hydrogen-bond donors (Lipinski definition) is 1. The standard InChI is InChI=1S/C17H18N4O5S2/c1-21(2)28(23,24)11-4-5-14(25-3)13(8-11)20-15(22)9-26-16-12-6-7-27-17(12)19-10-18-16/h4-8,10H,9H2,1-3H3,(H,20,22). The first-order valence-electron chi connectivity index (χ1n) is 8.04. The maximum atomic E-state index is 12.3. The molecule has 0 radical (unpaired) electrons. The van der Waals surface area contributed by atoms with Crippen molar-refractivity contribution in [3.63, 3.8) is 0 Å². The van der Waals surface area contributed by atoms with E-state index in [4.69, 9.17) is 9.47 Å². The highest BCUT2D eigenvalue weighted by Crippen LogP contribution is 2.29. The van der Waals surface area contributed by atoms with E-state index in [1.54, 1.807) is 0 Å². The average molecular weight is 422 g/mol. The second-order valence-corrected chi connectivity index (χ2v) is 8.85. The van der Waals surface area contributed by atoms with Crippen LogP contribution in [0.2, 0.25) is 0 Å². The number of thiophene rings is 1. The first-order valence-corrected chi connectivity index (χ1v) is 10.4. The summed E-state index contributed by atoms with van der Waals surface area (Å²) in [6.07, 6.45) is 1.37. The Morgan fingerprint density at radius 2 is 2.04 bits per heavy atom. The summed E-state index contributed by atoms with van der Waals surface area (Å²) < 4.78 is 36.4. The first-order chi connectivity index (χ1) is 13.3. The van der Waals surface area contributed by atoms with Gasteiger partial charge in [0.15, 0.2) is 6.61 Å². The van der Waals surface area contributed by atoms with Crippen molar-refractivity contribution in [3.8, 4) is 11.6 Å². The quantitative estimate of drug-likeness (QED) is 0.620. The van der Waals surface area contributed by atoms with Crippen LogP contribution in [0.3, 0.4) is 0 Å². The van der Waals surface area contributed by atoms with Gasteiger partial charge >= 0.3 is 0 Å². The number of methoxy groups -OCH3 is 1. The van der Waals surface area contributed by atoms with Gasteiger partial charge in [-0.1, -0.05) is 0 Å². The molecule has 0 spiro atoms. The average Bonchev–Trinajstić information content (AvgIpc) is 3.15. The van der Waals surface area contributed by atoms with Crippen molar-refractivity contribution in [2.24, 2.45) is 0 Å². The van der Waals surface area contributed by atoms with Gasteiger partial charge in [-0.25, -0.2) is 22.7 Å². The number of fused-ring (bicyclic) bond motifs is 1. The van der Waals surface area contributed by atoms with Crippen molar-refractivity contribution < 1.29 is 22.7 Å². The topological polar surface area (TPSA) is 111 Å². The Labute approximate surface area is 166 Å². The van der Waals surface area contributed by atoms with Gasteiger partial charge in [0.25, 0.3) is 5.91 Å². The van der Waals surface area contributed by atoms with Crippen LogP contribution in [-0.2, 0) is 14.8 Å². The van der Waals surface area contributed by atoms with Crippen molar-refractivity contribution in [2.45, 2.75) is 4.90 Å². The molecule has 0 aliphatic heterocycles. The van der Waals surface area contributed by atoms with E-state index in [9.17, 15) is 13.2 Å². The second-order valence-electron chi connectivity index (χ2n) is 5.80. The highest BCUT2D eigenvalue weighted by molar-refractivity contribution is 7.89. The lowest BCUT2D eigenvalue weighted by atomic mass is 10.3. The zero-order valence-electron chi connectivity index (χ0n) is 15.4. The number of aromatic nitrogens is 2. The van der Waals surface area contributed by atoms with Crippen molar-refractivity contribution in [1.82, 2.24) is 14.3 Å². The zero-order chi connectivity index (χ0) is 20.3. The van der Waals surface area contributed by atoms with E-state index in [1.807, 2.05) is 11.4 Å². The Balaban J connectivity index is 1.77. The third-order valence-electron chi connectivity index (χ3n) is 3.79. The van der Waals surface area contributed by atoms with Crippen molar-refractivity contribution in [1.29, 1.82) is 0 Å². The van der Waals surface area contributed by atoms with Crippen LogP contribution in [0.5, 0.6) is 11.6 Å². The number of nitrogens with zero attached hydrogens (tertiary/aromatic N) is 3. The predicted octanol–water partition coefficient (Wildman–Crippen LogP) is 1.97. The summed E-state index contributed by atoms with van der Waals surface area (Å²) in [6, 6.07) is 6.04. The minimum atomic E-state index is -3.65. The van der Waals surface area contributed by atoms with E-state index in [1.165, 1.54) is 57.1 Å². The van der Waals surface area contributed by atoms with Crippen molar-refractivity contribution in [2.75, 3.05) is 33.1 Å². The molecule has 1 aromatic carbocycles. The van der Waals surface area contributed by atoms with Gasteiger partial charge in [0.05, 0.1) is 23.1 Å². The van der Waals surface area contributed by atoms with E-state index in [0.29, 0.717) is 11.6 Å². The first kappa shape index (κ1) is 20.0. The number of anilines is 1. The molecule has 11 heteroatoms. The van der Waals surface area contributed by atoms with Gasteiger partial charge in [0, 0.05) is 14.1 Å². The van der Waals surface area contributed by atoms with Crippen LogP contribution in [0.15, 0.2) is 40.9 Å². The highest BCUT2D eigenvalue weighted by Gasteiger charge is 2.20. The van der Waals surface area contributed by atoms with Crippen LogP contribution in [0.4, 0.5) is 5.69 Å². The minimum absolute atomic E-state index is 0.0327. The Hall–Kier alpha value is -2.76. The fourth-order valence-corrected chi connectivity index (χ4v) is 4.01. The molecule has 0 bridgehead atoms. The molecule has 3 rings (SSSR count). The summed E-state index contributed by atoms with van der Waals surface area (Å²) in [7, 11) is 0.631. The number of carbonyl (C=O) groups excluding carboxylic acids is 1. The molecule has 1 N–H and O–H groups in total. The summed E-state index contributed by atoms with van der Waals surface area (Å²) in [5.74, 6) is 0.144. The van der Waals surface area contributed by atoms with E-state index >= 15 is 0 Å². The molecule has 0 aliphatic carbocycles. The number of rotatable bonds is 7.